The molecular formula is C10H17Cl2N3O3. The van der Waals surface area contributed by atoms with E-state index in [1.807, 2.05) is 0 Å². The number of aromatic amines is 1. The lowest BCUT2D eigenvalue weighted by atomic mass is 9.91. The summed E-state index contributed by atoms with van der Waals surface area (Å²) in [7, 11) is 1.33. The van der Waals surface area contributed by atoms with E-state index in [4.69, 9.17) is 10.5 Å². The molecule has 1 aromatic heterocycles. The molecule has 6 nitrogen and oxygen atoms in total. The first-order valence-electron chi connectivity index (χ1n) is 5.16. The van der Waals surface area contributed by atoms with Gasteiger partial charge in [-0.2, -0.15) is 0 Å². The van der Waals surface area contributed by atoms with Crippen LogP contribution in [0.1, 0.15) is 29.2 Å². The molecule has 0 unspecified atom stereocenters. The zero-order valence-corrected chi connectivity index (χ0v) is 11.6. The van der Waals surface area contributed by atoms with Crippen LogP contribution in [0.2, 0.25) is 0 Å². The Balaban J connectivity index is 0.00000144. The highest BCUT2D eigenvalue weighted by Gasteiger charge is 2.33. The van der Waals surface area contributed by atoms with Crippen LogP contribution in [0.15, 0.2) is 6.20 Å². The molecule has 0 saturated carbocycles. The van der Waals surface area contributed by atoms with Gasteiger partial charge in [-0.1, -0.05) is 0 Å². The van der Waals surface area contributed by atoms with E-state index in [-0.39, 0.29) is 24.8 Å². The predicted molar refractivity (Wildman–Crippen MR) is 70.3 cm³/mol. The number of carbonyl (C=O) groups is 1. The minimum Gasteiger partial charge on any atom is -0.464 e. The normalized spacial score (nSPS) is 17.2. The first kappa shape index (κ1) is 17.2. The number of hydrogen-bond donors (Lipinski definition) is 2. The minimum absolute atomic E-state index is 0. The standard InChI is InChI=1S/C10H15N3O3.2ClH/c1-15-8(14)7-6-12-9(13-7)10(11)2-4-16-5-3-10;;/h6H,2-5,11H2,1H3,(H,12,13);2*1H. The third kappa shape index (κ3) is 3.35. The van der Waals surface area contributed by atoms with Crippen LogP contribution in [0.25, 0.3) is 0 Å². The van der Waals surface area contributed by atoms with E-state index in [1.54, 1.807) is 0 Å². The number of hydrogen-bond acceptors (Lipinski definition) is 5. The third-order valence-corrected chi connectivity index (χ3v) is 2.84. The van der Waals surface area contributed by atoms with Crippen molar-refractivity contribution in [3.05, 3.63) is 17.7 Å². The number of aromatic nitrogens is 2. The van der Waals surface area contributed by atoms with Crippen LogP contribution in [0.3, 0.4) is 0 Å². The summed E-state index contributed by atoms with van der Waals surface area (Å²) in [5.41, 5.74) is 6.01. The van der Waals surface area contributed by atoms with Crippen LogP contribution >= 0.6 is 24.8 Å². The van der Waals surface area contributed by atoms with Crippen molar-refractivity contribution < 1.29 is 14.3 Å². The highest BCUT2D eigenvalue weighted by atomic mass is 35.5. The van der Waals surface area contributed by atoms with Crippen LogP contribution in [0.4, 0.5) is 0 Å². The van der Waals surface area contributed by atoms with E-state index in [9.17, 15) is 4.79 Å². The molecule has 104 valence electrons. The van der Waals surface area contributed by atoms with E-state index in [2.05, 4.69) is 14.7 Å². The molecule has 0 radical (unpaired) electrons. The molecule has 0 bridgehead atoms. The van der Waals surface area contributed by atoms with E-state index < -0.39 is 11.5 Å². The van der Waals surface area contributed by atoms with Gasteiger partial charge < -0.3 is 20.2 Å². The van der Waals surface area contributed by atoms with E-state index in [1.165, 1.54) is 13.3 Å². The maximum atomic E-state index is 11.3. The second-order valence-corrected chi connectivity index (χ2v) is 3.91. The number of methoxy groups -OCH3 is 1. The molecule has 18 heavy (non-hydrogen) atoms. The monoisotopic (exact) mass is 297 g/mol. The fraction of sp³-hybridized carbons (Fsp3) is 0.600. The number of carbonyl (C=O) groups excluding carboxylic acids is 1. The van der Waals surface area contributed by atoms with Gasteiger partial charge in [-0.15, -0.1) is 24.8 Å². The number of nitrogens with two attached hydrogens (primary N) is 1. The number of ether oxygens (including phenoxy) is 2. The van der Waals surface area contributed by atoms with Crippen LogP contribution < -0.4 is 5.73 Å². The molecule has 1 saturated heterocycles. The quantitative estimate of drug-likeness (QED) is 0.795. The summed E-state index contributed by atoms with van der Waals surface area (Å²) in [5, 5.41) is 0. The van der Waals surface area contributed by atoms with E-state index in [0.29, 0.717) is 37.6 Å². The molecule has 0 aliphatic carbocycles. The van der Waals surface area contributed by atoms with Crippen molar-refractivity contribution in [3.8, 4) is 0 Å². The summed E-state index contributed by atoms with van der Waals surface area (Å²) >= 11 is 0. The van der Waals surface area contributed by atoms with Gasteiger partial charge in [0.25, 0.3) is 0 Å². The van der Waals surface area contributed by atoms with Crippen LogP contribution in [-0.2, 0) is 15.0 Å². The Bertz CT molecular complexity index is 391. The Labute approximate surface area is 117 Å². The molecule has 8 heteroatoms. The number of rotatable bonds is 2. The molecule has 1 aromatic rings. The highest BCUT2D eigenvalue weighted by Crippen LogP contribution is 2.26. The third-order valence-electron chi connectivity index (χ3n) is 2.84. The van der Waals surface area contributed by atoms with E-state index in [0.717, 1.165) is 0 Å². The zero-order chi connectivity index (χ0) is 11.6. The van der Waals surface area contributed by atoms with Gasteiger partial charge >= 0.3 is 5.97 Å². The van der Waals surface area contributed by atoms with Gasteiger partial charge in [0.1, 0.15) is 11.5 Å². The molecule has 2 rings (SSSR count). The lowest BCUT2D eigenvalue weighted by molar-refractivity contribution is 0.0492. The Morgan fingerprint density at radius 1 is 1.50 bits per heavy atom. The fourth-order valence-corrected chi connectivity index (χ4v) is 1.76. The molecule has 1 fully saturated rings. The molecular weight excluding hydrogens is 281 g/mol. The number of esters is 1. The van der Waals surface area contributed by atoms with Crippen molar-refractivity contribution in [1.82, 2.24) is 9.97 Å². The lowest BCUT2D eigenvalue weighted by Crippen LogP contribution is -2.43. The van der Waals surface area contributed by atoms with Gasteiger partial charge in [0.2, 0.25) is 0 Å². The first-order chi connectivity index (χ1) is 7.65. The van der Waals surface area contributed by atoms with Crippen molar-refractivity contribution in [2.45, 2.75) is 18.4 Å². The maximum absolute atomic E-state index is 11.3. The maximum Gasteiger partial charge on any atom is 0.356 e. The fourth-order valence-electron chi connectivity index (χ4n) is 1.76. The minimum atomic E-state index is -0.523. The Kier molecular flexibility index (Phi) is 6.62. The summed E-state index contributed by atoms with van der Waals surface area (Å²) in [6.45, 7) is 1.23. The Hall–Kier alpha value is -0.820. The van der Waals surface area contributed by atoms with Gasteiger partial charge in [0, 0.05) is 13.2 Å². The number of nitrogens with one attached hydrogen (secondary N) is 1. The molecule has 0 amide bonds. The molecule has 1 aliphatic heterocycles. The van der Waals surface area contributed by atoms with Gasteiger partial charge in [0.05, 0.1) is 18.8 Å². The summed E-state index contributed by atoms with van der Waals surface area (Å²) in [5.74, 6) is 0.186. The second-order valence-electron chi connectivity index (χ2n) is 3.91. The average molecular weight is 298 g/mol. The predicted octanol–water partition coefficient (Wildman–Crippen LogP) is 1.00. The van der Waals surface area contributed by atoms with Gasteiger partial charge in [-0.3, -0.25) is 0 Å². The largest absolute Gasteiger partial charge is 0.464 e. The van der Waals surface area contributed by atoms with Crippen LogP contribution in [-0.4, -0.2) is 36.3 Å². The van der Waals surface area contributed by atoms with Crippen molar-refractivity contribution in [1.29, 1.82) is 0 Å². The summed E-state index contributed by atoms with van der Waals surface area (Å²) in [4.78, 5) is 18.3. The van der Waals surface area contributed by atoms with Gasteiger partial charge in [-0.25, -0.2) is 9.78 Å². The SMILES string of the molecule is COC(=O)c1cnc(C2(N)CCOCC2)[nH]1.Cl.Cl. The van der Waals surface area contributed by atoms with Crippen molar-refractivity contribution >= 4 is 30.8 Å². The highest BCUT2D eigenvalue weighted by molar-refractivity contribution is 5.86. The summed E-state index contributed by atoms with van der Waals surface area (Å²) in [6.07, 6.45) is 2.84. The molecule has 0 spiro atoms. The van der Waals surface area contributed by atoms with Gasteiger partial charge in [0.15, 0.2) is 0 Å². The number of nitrogens with zero attached hydrogens (tertiary/aromatic N) is 1. The number of halogens is 2. The molecule has 0 aromatic carbocycles. The lowest BCUT2D eigenvalue weighted by Gasteiger charge is -2.31. The number of H-pyrrole nitrogens is 1. The Morgan fingerprint density at radius 3 is 2.67 bits per heavy atom. The summed E-state index contributed by atoms with van der Waals surface area (Å²) in [6, 6.07) is 0. The van der Waals surface area contributed by atoms with E-state index >= 15 is 0 Å². The van der Waals surface area contributed by atoms with Crippen molar-refractivity contribution in [2.24, 2.45) is 5.73 Å². The topological polar surface area (TPSA) is 90.2 Å². The van der Waals surface area contributed by atoms with Crippen molar-refractivity contribution in [2.75, 3.05) is 20.3 Å². The molecule has 1 aliphatic rings. The zero-order valence-electron chi connectivity index (χ0n) is 9.97. The van der Waals surface area contributed by atoms with Crippen LogP contribution in [0, 0.1) is 0 Å². The average Bonchev–Trinajstić information content (AvgIpc) is 2.79. The molecule has 3 N–H and O–H groups in total. The number of imidazole rings is 1. The molecule has 2 heterocycles. The summed E-state index contributed by atoms with van der Waals surface area (Å²) < 4.78 is 9.84. The van der Waals surface area contributed by atoms with Crippen LogP contribution in [0.5, 0.6) is 0 Å². The second kappa shape index (κ2) is 6.94. The van der Waals surface area contributed by atoms with Crippen molar-refractivity contribution in [3.63, 3.8) is 0 Å². The Morgan fingerprint density at radius 2 is 2.11 bits per heavy atom. The first-order valence-corrected chi connectivity index (χ1v) is 5.16. The smallest absolute Gasteiger partial charge is 0.356 e. The molecule has 0 atom stereocenters. The van der Waals surface area contributed by atoms with Gasteiger partial charge in [-0.05, 0) is 12.8 Å².